The van der Waals surface area contributed by atoms with Gasteiger partial charge in [0.2, 0.25) is 11.9 Å². The van der Waals surface area contributed by atoms with Crippen LogP contribution >= 0.6 is 0 Å². The number of carbonyl (C=O) groups is 1. The third-order valence-corrected chi connectivity index (χ3v) is 5.38. The van der Waals surface area contributed by atoms with Gasteiger partial charge in [0.25, 0.3) is 0 Å². The second-order valence-electron chi connectivity index (χ2n) is 8.02. The van der Waals surface area contributed by atoms with Gasteiger partial charge in [-0.25, -0.2) is 15.0 Å². The summed E-state index contributed by atoms with van der Waals surface area (Å²) >= 11 is 0. The number of pyridine rings is 1. The highest BCUT2D eigenvalue weighted by molar-refractivity contribution is 5.89. The van der Waals surface area contributed by atoms with E-state index in [1.165, 1.54) is 5.56 Å². The highest BCUT2D eigenvalue weighted by Crippen LogP contribution is 2.28. The Balaban J connectivity index is 1.44. The van der Waals surface area contributed by atoms with Crippen LogP contribution in [0.5, 0.6) is 0 Å². The number of piperidine rings is 1. The first kappa shape index (κ1) is 20.1. The number of amides is 1. The van der Waals surface area contributed by atoms with Crippen molar-refractivity contribution in [2.45, 2.75) is 39.3 Å². The van der Waals surface area contributed by atoms with E-state index < -0.39 is 0 Å². The summed E-state index contributed by atoms with van der Waals surface area (Å²) < 4.78 is 0. The van der Waals surface area contributed by atoms with E-state index in [1.807, 2.05) is 44.3 Å². The third-order valence-electron chi connectivity index (χ3n) is 5.38. The summed E-state index contributed by atoms with van der Waals surface area (Å²) in [7, 11) is 0. The molecule has 7 heteroatoms. The molecule has 7 nitrogen and oxygen atoms in total. The van der Waals surface area contributed by atoms with E-state index in [4.69, 9.17) is 0 Å². The van der Waals surface area contributed by atoms with E-state index in [0.29, 0.717) is 12.5 Å². The summed E-state index contributed by atoms with van der Waals surface area (Å²) in [4.78, 5) is 28.3. The molecule has 1 aliphatic heterocycles. The molecule has 1 aromatic carbocycles. The molecule has 0 atom stereocenters. The molecular formula is C23H28N6O. The Labute approximate surface area is 176 Å². The number of hydrogen-bond acceptors (Lipinski definition) is 6. The van der Waals surface area contributed by atoms with Crippen molar-refractivity contribution in [3.63, 3.8) is 0 Å². The zero-order valence-corrected chi connectivity index (χ0v) is 17.5. The van der Waals surface area contributed by atoms with Gasteiger partial charge < -0.3 is 15.5 Å². The number of benzene rings is 1. The maximum absolute atomic E-state index is 12.3. The van der Waals surface area contributed by atoms with Gasteiger partial charge in [-0.2, -0.15) is 0 Å². The fourth-order valence-electron chi connectivity index (χ4n) is 3.81. The van der Waals surface area contributed by atoms with Gasteiger partial charge in [-0.1, -0.05) is 30.3 Å². The zero-order valence-electron chi connectivity index (χ0n) is 17.5. The standard InChI is InChI=1S/C23H28N6O/c1-16(2)27-22(30)18-9-12-29(13-10-18)21-19-15-26-23(28-20(19)8-11-24-21)25-14-17-6-4-3-5-7-17/h3-8,11,15-16,18H,9-10,12-14H2,1-2H3,(H,27,30)(H,25,26,28). The quantitative estimate of drug-likeness (QED) is 0.655. The molecule has 1 aliphatic rings. The number of carbonyl (C=O) groups excluding carboxylic acids is 1. The van der Waals surface area contributed by atoms with Crippen molar-refractivity contribution in [1.29, 1.82) is 0 Å². The highest BCUT2D eigenvalue weighted by atomic mass is 16.1. The molecule has 0 aliphatic carbocycles. The van der Waals surface area contributed by atoms with Crippen LogP contribution in [0.25, 0.3) is 10.9 Å². The molecule has 156 valence electrons. The van der Waals surface area contributed by atoms with Crippen LogP contribution in [0.1, 0.15) is 32.3 Å². The number of anilines is 2. The summed E-state index contributed by atoms with van der Waals surface area (Å²) in [5.74, 6) is 1.73. The smallest absolute Gasteiger partial charge is 0.223 e. The molecule has 1 fully saturated rings. The topological polar surface area (TPSA) is 83.0 Å². The predicted octanol–water partition coefficient (Wildman–Crippen LogP) is 3.38. The van der Waals surface area contributed by atoms with Gasteiger partial charge in [0, 0.05) is 44.0 Å². The lowest BCUT2D eigenvalue weighted by Crippen LogP contribution is -2.42. The van der Waals surface area contributed by atoms with Crippen LogP contribution in [-0.4, -0.2) is 40.0 Å². The molecule has 2 N–H and O–H groups in total. The fraction of sp³-hybridized carbons (Fsp3) is 0.391. The number of aromatic nitrogens is 3. The van der Waals surface area contributed by atoms with Gasteiger partial charge in [-0.05, 0) is 38.3 Å². The largest absolute Gasteiger partial charge is 0.356 e. The Kier molecular flexibility index (Phi) is 6.07. The Morgan fingerprint density at radius 1 is 1.13 bits per heavy atom. The minimum absolute atomic E-state index is 0.0728. The molecule has 1 amide bonds. The van der Waals surface area contributed by atoms with Crippen molar-refractivity contribution in [2.75, 3.05) is 23.3 Å². The average molecular weight is 405 g/mol. The van der Waals surface area contributed by atoms with Crippen LogP contribution in [0, 0.1) is 5.92 Å². The number of rotatable bonds is 6. The lowest BCUT2D eigenvalue weighted by atomic mass is 9.95. The highest BCUT2D eigenvalue weighted by Gasteiger charge is 2.26. The van der Waals surface area contributed by atoms with Gasteiger partial charge in [-0.3, -0.25) is 4.79 Å². The van der Waals surface area contributed by atoms with E-state index in [-0.39, 0.29) is 17.9 Å². The van der Waals surface area contributed by atoms with E-state index in [9.17, 15) is 4.79 Å². The van der Waals surface area contributed by atoms with Gasteiger partial charge in [0.15, 0.2) is 0 Å². The number of fused-ring (bicyclic) bond motifs is 1. The Bertz CT molecular complexity index is 999. The van der Waals surface area contributed by atoms with E-state index in [1.54, 1.807) is 6.20 Å². The first-order valence-corrected chi connectivity index (χ1v) is 10.5. The fourth-order valence-corrected chi connectivity index (χ4v) is 3.81. The van der Waals surface area contributed by atoms with Crippen LogP contribution in [0.3, 0.4) is 0 Å². The number of nitrogens with one attached hydrogen (secondary N) is 2. The predicted molar refractivity (Wildman–Crippen MR) is 119 cm³/mol. The molecule has 3 heterocycles. The molecule has 0 saturated carbocycles. The summed E-state index contributed by atoms with van der Waals surface area (Å²) in [6.45, 7) is 6.27. The molecule has 2 aromatic heterocycles. The maximum Gasteiger partial charge on any atom is 0.223 e. The molecule has 30 heavy (non-hydrogen) atoms. The monoisotopic (exact) mass is 404 g/mol. The van der Waals surface area contributed by atoms with Crippen molar-refractivity contribution < 1.29 is 4.79 Å². The Morgan fingerprint density at radius 2 is 1.90 bits per heavy atom. The van der Waals surface area contributed by atoms with Crippen molar-refractivity contribution in [3.8, 4) is 0 Å². The van der Waals surface area contributed by atoms with Crippen LogP contribution < -0.4 is 15.5 Å². The van der Waals surface area contributed by atoms with Crippen LogP contribution in [-0.2, 0) is 11.3 Å². The van der Waals surface area contributed by atoms with Crippen molar-refractivity contribution in [3.05, 3.63) is 54.4 Å². The number of nitrogens with zero attached hydrogens (tertiary/aromatic N) is 4. The van der Waals surface area contributed by atoms with E-state index >= 15 is 0 Å². The molecule has 1 saturated heterocycles. The second-order valence-corrected chi connectivity index (χ2v) is 8.02. The third kappa shape index (κ3) is 4.67. The second kappa shape index (κ2) is 9.07. The first-order chi connectivity index (χ1) is 14.6. The molecule has 0 unspecified atom stereocenters. The van der Waals surface area contributed by atoms with Crippen LogP contribution in [0.4, 0.5) is 11.8 Å². The minimum Gasteiger partial charge on any atom is -0.356 e. The maximum atomic E-state index is 12.3. The summed E-state index contributed by atoms with van der Waals surface area (Å²) in [6, 6.07) is 12.3. The van der Waals surface area contributed by atoms with Crippen LogP contribution in [0.2, 0.25) is 0 Å². The van der Waals surface area contributed by atoms with E-state index in [2.05, 4.69) is 42.6 Å². The van der Waals surface area contributed by atoms with Gasteiger partial charge in [-0.15, -0.1) is 0 Å². The molecular weight excluding hydrogens is 376 g/mol. The first-order valence-electron chi connectivity index (χ1n) is 10.5. The lowest BCUT2D eigenvalue weighted by molar-refractivity contribution is -0.126. The van der Waals surface area contributed by atoms with Gasteiger partial charge in [0.05, 0.1) is 10.9 Å². The SMILES string of the molecule is CC(C)NC(=O)C1CCN(c2nccc3nc(NCc4ccccc4)ncc23)CC1. The lowest BCUT2D eigenvalue weighted by Gasteiger charge is -2.33. The molecule has 4 rings (SSSR count). The molecule has 0 spiro atoms. The van der Waals surface area contributed by atoms with Crippen molar-refractivity contribution in [1.82, 2.24) is 20.3 Å². The Morgan fingerprint density at radius 3 is 2.63 bits per heavy atom. The van der Waals surface area contributed by atoms with Gasteiger partial charge >= 0.3 is 0 Å². The summed E-state index contributed by atoms with van der Waals surface area (Å²) in [5, 5.41) is 7.25. The van der Waals surface area contributed by atoms with Gasteiger partial charge in [0.1, 0.15) is 5.82 Å². The van der Waals surface area contributed by atoms with Crippen LogP contribution in [0.15, 0.2) is 48.8 Å². The molecule has 3 aromatic rings. The summed E-state index contributed by atoms with van der Waals surface area (Å²) in [6.07, 6.45) is 5.29. The molecule has 0 bridgehead atoms. The number of hydrogen-bond donors (Lipinski definition) is 2. The van der Waals surface area contributed by atoms with Crippen molar-refractivity contribution in [2.24, 2.45) is 5.92 Å². The summed E-state index contributed by atoms with van der Waals surface area (Å²) in [5.41, 5.74) is 2.05. The zero-order chi connectivity index (χ0) is 20.9. The normalized spacial score (nSPS) is 14.8. The van der Waals surface area contributed by atoms with Crippen molar-refractivity contribution >= 4 is 28.6 Å². The minimum atomic E-state index is 0.0728. The average Bonchev–Trinajstić information content (AvgIpc) is 2.77. The van der Waals surface area contributed by atoms with E-state index in [0.717, 1.165) is 42.7 Å². The Hall–Kier alpha value is -3.22. The molecule has 0 radical (unpaired) electrons.